The van der Waals surface area contributed by atoms with E-state index in [0.717, 1.165) is 0 Å². The molecule has 0 aromatic heterocycles. The van der Waals surface area contributed by atoms with Crippen LogP contribution in [0.15, 0.2) is 18.2 Å². The van der Waals surface area contributed by atoms with E-state index in [-0.39, 0.29) is 25.0 Å². The molecule has 144 valence electrons. The minimum absolute atomic E-state index is 0.0845. The standard InChI is InChI=1S/C18H24F6O/c1-5-13(18(22,23)24)12-7-8-15(14(11-12)16(2,3)4)25-10-6-9-17(19,20)21/h7-8,11,13H,5-6,9-10H2,1-4H3. The van der Waals surface area contributed by atoms with Gasteiger partial charge in [-0.1, -0.05) is 39.8 Å². The van der Waals surface area contributed by atoms with Crippen molar-refractivity contribution in [1.82, 2.24) is 0 Å². The van der Waals surface area contributed by atoms with Gasteiger partial charge >= 0.3 is 12.4 Å². The van der Waals surface area contributed by atoms with E-state index in [9.17, 15) is 26.3 Å². The zero-order valence-corrected chi connectivity index (χ0v) is 14.8. The molecule has 1 rings (SSSR count). The summed E-state index contributed by atoms with van der Waals surface area (Å²) in [6.07, 6.45) is -9.84. The molecule has 0 saturated heterocycles. The molecule has 0 aliphatic carbocycles. The molecule has 0 amide bonds. The molecule has 1 unspecified atom stereocenters. The van der Waals surface area contributed by atoms with Crippen LogP contribution in [0.5, 0.6) is 5.75 Å². The van der Waals surface area contributed by atoms with Gasteiger partial charge in [0, 0.05) is 6.42 Å². The summed E-state index contributed by atoms with van der Waals surface area (Å²) in [6, 6.07) is 4.23. The van der Waals surface area contributed by atoms with E-state index < -0.39 is 30.1 Å². The van der Waals surface area contributed by atoms with Crippen LogP contribution in [0.3, 0.4) is 0 Å². The largest absolute Gasteiger partial charge is 0.493 e. The number of halogens is 6. The molecule has 0 N–H and O–H groups in total. The van der Waals surface area contributed by atoms with Gasteiger partial charge in [-0.05, 0) is 35.4 Å². The molecule has 0 spiro atoms. The maximum Gasteiger partial charge on any atom is 0.395 e. The smallest absolute Gasteiger partial charge is 0.395 e. The van der Waals surface area contributed by atoms with Gasteiger partial charge in [-0.15, -0.1) is 0 Å². The molecule has 0 saturated carbocycles. The second-order valence-electron chi connectivity index (χ2n) is 7.08. The topological polar surface area (TPSA) is 9.23 Å². The van der Waals surface area contributed by atoms with Crippen LogP contribution in [0.1, 0.15) is 64.0 Å². The van der Waals surface area contributed by atoms with E-state index in [2.05, 4.69) is 0 Å². The summed E-state index contributed by atoms with van der Waals surface area (Å²) in [4.78, 5) is 0. The highest BCUT2D eigenvalue weighted by atomic mass is 19.4. The third kappa shape index (κ3) is 6.78. The monoisotopic (exact) mass is 370 g/mol. The van der Waals surface area contributed by atoms with Crippen LogP contribution < -0.4 is 4.74 Å². The zero-order chi connectivity index (χ0) is 19.5. The molecule has 0 radical (unpaired) electrons. The summed E-state index contributed by atoms with van der Waals surface area (Å²) >= 11 is 0. The van der Waals surface area contributed by atoms with Crippen molar-refractivity contribution < 1.29 is 31.1 Å². The fraction of sp³-hybridized carbons (Fsp3) is 0.667. The molecule has 0 aliphatic heterocycles. The number of benzene rings is 1. The van der Waals surface area contributed by atoms with Gasteiger partial charge in [0.25, 0.3) is 0 Å². The van der Waals surface area contributed by atoms with Crippen molar-refractivity contribution in [2.75, 3.05) is 6.61 Å². The van der Waals surface area contributed by atoms with E-state index in [0.29, 0.717) is 11.3 Å². The van der Waals surface area contributed by atoms with E-state index in [1.807, 2.05) is 20.8 Å². The van der Waals surface area contributed by atoms with Gasteiger partial charge in [0.2, 0.25) is 0 Å². The van der Waals surface area contributed by atoms with E-state index in [1.54, 1.807) is 0 Å². The van der Waals surface area contributed by atoms with E-state index >= 15 is 0 Å². The van der Waals surface area contributed by atoms with Gasteiger partial charge in [-0.3, -0.25) is 0 Å². The van der Waals surface area contributed by atoms with Crippen LogP contribution in [0.25, 0.3) is 0 Å². The lowest BCUT2D eigenvalue weighted by atomic mass is 9.83. The SMILES string of the molecule is CCC(c1ccc(OCCCC(F)(F)F)c(C(C)(C)C)c1)C(F)(F)F. The zero-order valence-electron chi connectivity index (χ0n) is 14.8. The molecule has 0 bridgehead atoms. The lowest BCUT2D eigenvalue weighted by Gasteiger charge is -2.26. The first kappa shape index (κ1) is 21.6. The molecule has 0 fully saturated rings. The van der Waals surface area contributed by atoms with Gasteiger partial charge in [0.1, 0.15) is 5.75 Å². The quantitative estimate of drug-likeness (QED) is 0.397. The molecule has 7 heteroatoms. The summed E-state index contributed by atoms with van der Waals surface area (Å²) in [5.41, 5.74) is 0.196. The summed E-state index contributed by atoms with van der Waals surface area (Å²) in [7, 11) is 0. The Morgan fingerprint density at radius 2 is 1.60 bits per heavy atom. The van der Waals surface area contributed by atoms with Crippen molar-refractivity contribution in [3.05, 3.63) is 29.3 Å². The highest BCUT2D eigenvalue weighted by molar-refractivity contribution is 5.43. The third-order valence-electron chi connectivity index (χ3n) is 3.88. The van der Waals surface area contributed by atoms with Crippen LogP contribution in [0, 0.1) is 0 Å². The third-order valence-corrected chi connectivity index (χ3v) is 3.88. The van der Waals surface area contributed by atoms with Gasteiger partial charge < -0.3 is 4.74 Å². The number of hydrogen-bond acceptors (Lipinski definition) is 1. The first-order valence-corrected chi connectivity index (χ1v) is 8.16. The van der Waals surface area contributed by atoms with Crippen LogP contribution in [0.4, 0.5) is 26.3 Å². The van der Waals surface area contributed by atoms with Crippen LogP contribution >= 0.6 is 0 Å². The first-order chi connectivity index (χ1) is 11.3. The van der Waals surface area contributed by atoms with Crippen molar-refractivity contribution in [2.45, 2.75) is 70.6 Å². The molecular weight excluding hydrogens is 346 g/mol. The van der Waals surface area contributed by atoms with Crippen molar-refractivity contribution in [3.63, 3.8) is 0 Å². The number of ether oxygens (including phenoxy) is 1. The second-order valence-corrected chi connectivity index (χ2v) is 7.08. The maximum atomic E-state index is 13.2. The van der Waals surface area contributed by atoms with E-state index in [4.69, 9.17) is 4.74 Å². The normalized spacial score (nSPS) is 14.5. The maximum absolute atomic E-state index is 13.2. The molecular formula is C18H24F6O. The Kier molecular flexibility index (Phi) is 6.81. The molecule has 0 aliphatic rings. The summed E-state index contributed by atoms with van der Waals surface area (Å²) in [5, 5.41) is 0. The molecule has 25 heavy (non-hydrogen) atoms. The summed E-state index contributed by atoms with van der Waals surface area (Å²) in [6.45, 7) is 6.80. The van der Waals surface area contributed by atoms with Gasteiger partial charge in [-0.2, -0.15) is 26.3 Å². The molecule has 0 heterocycles. The predicted molar refractivity (Wildman–Crippen MR) is 85.0 cm³/mol. The average Bonchev–Trinajstić information content (AvgIpc) is 2.41. The molecule has 1 aromatic carbocycles. The van der Waals surface area contributed by atoms with Crippen LogP contribution in [0.2, 0.25) is 0 Å². The van der Waals surface area contributed by atoms with Crippen molar-refractivity contribution in [3.8, 4) is 5.75 Å². The molecule has 1 atom stereocenters. The molecule has 1 nitrogen and oxygen atoms in total. The number of rotatable bonds is 6. The Balaban J connectivity index is 3.03. The minimum atomic E-state index is -4.35. The highest BCUT2D eigenvalue weighted by Crippen LogP contribution is 2.41. The average molecular weight is 370 g/mol. The molecule has 1 aromatic rings. The van der Waals surface area contributed by atoms with Crippen LogP contribution in [-0.4, -0.2) is 19.0 Å². The minimum Gasteiger partial charge on any atom is -0.493 e. The Bertz CT molecular complexity index is 554. The van der Waals surface area contributed by atoms with Gasteiger partial charge in [0.05, 0.1) is 12.5 Å². The van der Waals surface area contributed by atoms with Gasteiger partial charge in [-0.25, -0.2) is 0 Å². The van der Waals surface area contributed by atoms with E-state index in [1.165, 1.54) is 25.1 Å². The Labute approximate surface area is 144 Å². The second kappa shape index (κ2) is 7.87. The number of alkyl halides is 6. The van der Waals surface area contributed by atoms with Crippen molar-refractivity contribution in [2.24, 2.45) is 0 Å². The summed E-state index contributed by atoms with van der Waals surface area (Å²) < 4.78 is 81.4. The van der Waals surface area contributed by atoms with Crippen molar-refractivity contribution >= 4 is 0 Å². The fourth-order valence-electron chi connectivity index (χ4n) is 2.59. The first-order valence-electron chi connectivity index (χ1n) is 8.16. The number of hydrogen-bond donors (Lipinski definition) is 0. The van der Waals surface area contributed by atoms with Crippen LogP contribution in [-0.2, 0) is 5.41 Å². The highest BCUT2D eigenvalue weighted by Gasteiger charge is 2.39. The lowest BCUT2D eigenvalue weighted by molar-refractivity contribution is -0.151. The predicted octanol–water partition coefficient (Wildman–Crippen LogP) is 6.76. The lowest BCUT2D eigenvalue weighted by Crippen LogP contribution is -2.21. The van der Waals surface area contributed by atoms with Gasteiger partial charge in [0.15, 0.2) is 0 Å². The fourth-order valence-corrected chi connectivity index (χ4v) is 2.59. The van der Waals surface area contributed by atoms with Crippen molar-refractivity contribution in [1.29, 1.82) is 0 Å². The Hall–Kier alpha value is -1.40. The summed E-state index contributed by atoms with van der Waals surface area (Å²) in [5.74, 6) is -1.25. The Morgan fingerprint density at radius 3 is 2.04 bits per heavy atom. The Morgan fingerprint density at radius 1 is 1.00 bits per heavy atom.